The second-order valence-corrected chi connectivity index (χ2v) is 9.58. The average Bonchev–Trinajstić information content (AvgIpc) is 2.98. The van der Waals surface area contributed by atoms with Gasteiger partial charge in [-0.05, 0) is 34.9 Å². The van der Waals surface area contributed by atoms with E-state index in [1.165, 1.54) is 11.1 Å². The van der Waals surface area contributed by atoms with Crippen molar-refractivity contribution in [3.8, 4) is 11.5 Å². The van der Waals surface area contributed by atoms with E-state index >= 15 is 0 Å². The Morgan fingerprint density at radius 2 is 1.30 bits per heavy atom. The number of methoxy groups -OCH3 is 1. The molecule has 37 heavy (non-hydrogen) atoms. The first-order chi connectivity index (χ1) is 18.2. The van der Waals surface area contributed by atoms with Crippen LogP contribution in [-0.4, -0.2) is 48.1 Å². The molecule has 0 bridgehead atoms. The zero-order valence-electron chi connectivity index (χ0n) is 21.1. The van der Waals surface area contributed by atoms with Crippen molar-refractivity contribution in [3.05, 3.63) is 131 Å². The molecule has 1 saturated heterocycles. The lowest BCUT2D eigenvalue weighted by molar-refractivity contribution is 0.152. The Morgan fingerprint density at radius 1 is 0.730 bits per heavy atom. The first kappa shape index (κ1) is 25.0. The summed E-state index contributed by atoms with van der Waals surface area (Å²) in [7, 11) is 1.67. The highest BCUT2D eigenvalue weighted by atomic mass is 32.1. The molecular formula is C32H32N2O2S. The maximum absolute atomic E-state index is 6.03. The van der Waals surface area contributed by atoms with Gasteiger partial charge in [-0.3, -0.25) is 4.90 Å². The van der Waals surface area contributed by atoms with Crippen molar-refractivity contribution in [3.63, 3.8) is 0 Å². The fourth-order valence-electron chi connectivity index (χ4n) is 4.91. The van der Waals surface area contributed by atoms with Gasteiger partial charge in [0.25, 0.3) is 0 Å². The lowest BCUT2D eigenvalue weighted by Gasteiger charge is -2.40. The first-order valence-corrected chi connectivity index (χ1v) is 13.1. The van der Waals surface area contributed by atoms with E-state index in [0.29, 0.717) is 12.4 Å². The zero-order chi connectivity index (χ0) is 25.5. The van der Waals surface area contributed by atoms with E-state index in [1.54, 1.807) is 7.11 Å². The molecule has 0 saturated carbocycles. The van der Waals surface area contributed by atoms with Gasteiger partial charge in [0, 0.05) is 31.7 Å². The lowest BCUT2D eigenvalue weighted by atomic mass is 9.96. The van der Waals surface area contributed by atoms with Crippen LogP contribution in [-0.2, 0) is 6.61 Å². The van der Waals surface area contributed by atoms with Gasteiger partial charge < -0.3 is 14.4 Å². The molecule has 1 fully saturated rings. The number of benzene rings is 4. The summed E-state index contributed by atoms with van der Waals surface area (Å²) in [6, 6.07) is 37.9. The molecule has 1 heterocycles. The van der Waals surface area contributed by atoms with E-state index in [4.69, 9.17) is 21.7 Å². The number of piperazine rings is 1. The quantitative estimate of drug-likeness (QED) is 0.258. The van der Waals surface area contributed by atoms with Crippen LogP contribution in [0.25, 0.3) is 0 Å². The van der Waals surface area contributed by atoms with Gasteiger partial charge in [-0.2, -0.15) is 0 Å². The maximum Gasteiger partial charge on any atom is 0.161 e. The molecule has 188 valence electrons. The Hall–Kier alpha value is -3.67. The largest absolute Gasteiger partial charge is 0.493 e. The van der Waals surface area contributed by atoms with Gasteiger partial charge >= 0.3 is 0 Å². The molecule has 0 unspecified atom stereocenters. The predicted octanol–water partition coefficient (Wildman–Crippen LogP) is 6.36. The first-order valence-electron chi connectivity index (χ1n) is 12.7. The summed E-state index contributed by atoms with van der Waals surface area (Å²) in [6.45, 7) is 4.12. The SMILES string of the molecule is COc1cc(C(=S)N2CCN(C(c3ccccc3)c3ccccc3)CC2)ccc1OCc1ccccc1. The van der Waals surface area contributed by atoms with Gasteiger partial charge in [0.15, 0.2) is 11.5 Å². The second kappa shape index (κ2) is 12.0. The van der Waals surface area contributed by atoms with Crippen LogP contribution in [0.5, 0.6) is 11.5 Å². The van der Waals surface area contributed by atoms with Crippen LogP contribution in [0.3, 0.4) is 0 Å². The Bertz CT molecular complexity index is 1250. The maximum atomic E-state index is 6.03. The Balaban J connectivity index is 1.26. The molecular weight excluding hydrogens is 476 g/mol. The third-order valence-electron chi connectivity index (χ3n) is 6.84. The number of nitrogens with zero attached hydrogens (tertiary/aromatic N) is 2. The number of rotatable bonds is 8. The minimum Gasteiger partial charge on any atom is -0.493 e. The van der Waals surface area contributed by atoms with Crippen LogP contribution < -0.4 is 9.47 Å². The van der Waals surface area contributed by atoms with Crippen LogP contribution in [0.1, 0.15) is 28.3 Å². The molecule has 4 aromatic carbocycles. The molecule has 5 heteroatoms. The molecule has 0 atom stereocenters. The van der Waals surface area contributed by atoms with Gasteiger partial charge in [0.1, 0.15) is 11.6 Å². The fraction of sp³-hybridized carbons (Fsp3) is 0.219. The van der Waals surface area contributed by atoms with E-state index in [9.17, 15) is 0 Å². The highest BCUT2D eigenvalue weighted by molar-refractivity contribution is 7.80. The molecule has 1 aliphatic rings. The van der Waals surface area contributed by atoms with E-state index in [1.807, 2.05) is 36.4 Å². The smallest absolute Gasteiger partial charge is 0.161 e. The summed E-state index contributed by atoms with van der Waals surface area (Å²) in [4.78, 5) is 5.71. The number of thiocarbonyl (C=S) groups is 1. The number of hydrogen-bond acceptors (Lipinski definition) is 4. The van der Waals surface area contributed by atoms with Crippen LogP contribution in [0.15, 0.2) is 109 Å². The van der Waals surface area contributed by atoms with E-state index < -0.39 is 0 Å². The molecule has 0 amide bonds. The van der Waals surface area contributed by atoms with Gasteiger partial charge in [-0.25, -0.2) is 0 Å². The van der Waals surface area contributed by atoms with Crippen molar-refractivity contribution in [2.75, 3.05) is 33.3 Å². The fourth-order valence-corrected chi connectivity index (χ4v) is 5.22. The summed E-state index contributed by atoms with van der Waals surface area (Å²) in [5, 5.41) is 0. The van der Waals surface area contributed by atoms with E-state index in [-0.39, 0.29) is 6.04 Å². The molecule has 0 aliphatic carbocycles. The average molecular weight is 509 g/mol. The monoisotopic (exact) mass is 508 g/mol. The van der Waals surface area contributed by atoms with Crippen LogP contribution in [0.4, 0.5) is 0 Å². The van der Waals surface area contributed by atoms with Crippen LogP contribution in [0, 0.1) is 0 Å². The van der Waals surface area contributed by atoms with Crippen LogP contribution >= 0.6 is 12.2 Å². The third-order valence-corrected chi connectivity index (χ3v) is 7.34. The van der Waals surface area contributed by atoms with Crippen LogP contribution in [0.2, 0.25) is 0 Å². The van der Waals surface area contributed by atoms with Gasteiger partial charge in [0.2, 0.25) is 0 Å². The molecule has 0 spiro atoms. The highest BCUT2D eigenvalue weighted by Crippen LogP contribution is 2.32. The minimum absolute atomic E-state index is 0.235. The summed E-state index contributed by atoms with van der Waals surface area (Å²) in [5.41, 5.74) is 4.74. The normalized spacial score (nSPS) is 13.9. The van der Waals surface area contributed by atoms with Gasteiger partial charge in [0.05, 0.1) is 13.2 Å². The van der Waals surface area contributed by atoms with Crippen molar-refractivity contribution in [2.24, 2.45) is 0 Å². The minimum atomic E-state index is 0.235. The van der Waals surface area contributed by atoms with Crippen molar-refractivity contribution in [1.82, 2.24) is 9.80 Å². The zero-order valence-corrected chi connectivity index (χ0v) is 21.9. The third kappa shape index (κ3) is 6.01. The topological polar surface area (TPSA) is 24.9 Å². The van der Waals surface area contributed by atoms with Gasteiger partial charge in [-0.15, -0.1) is 0 Å². The summed E-state index contributed by atoms with van der Waals surface area (Å²) < 4.78 is 11.7. The lowest BCUT2D eigenvalue weighted by Crippen LogP contribution is -2.49. The van der Waals surface area contributed by atoms with E-state index in [2.05, 4.69) is 82.6 Å². The Morgan fingerprint density at radius 3 is 1.86 bits per heavy atom. The summed E-state index contributed by atoms with van der Waals surface area (Å²) in [5.74, 6) is 1.42. The summed E-state index contributed by atoms with van der Waals surface area (Å²) >= 11 is 5.93. The molecule has 4 nitrogen and oxygen atoms in total. The van der Waals surface area contributed by atoms with Crippen molar-refractivity contribution >= 4 is 17.2 Å². The molecule has 5 rings (SSSR count). The van der Waals surface area contributed by atoms with Crippen molar-refractivity contribution in [2.45, 2.75) is 12.6 Å². The number of ether oxygens (including phenoxy) is 2. The molecule has 0 N–H and O–H groups in total. The van der Waals surface area contributed by atoms with Crippen molar-refractivity contribution in [1.29, 1.82) is 0 Å². The molecule has 0 aromatic heterocycles. The van der Waals surface area contributed by atoms with Crippen molar-refractivity contribution < 1.29 is 9.47 Å². The highest BCUT2D eigenvalue weighted by Gasteiger charge is 2.27. The second-order valence-electron chi connectivity index (χ2n) is 9.19. The van der Waals surface area contributed by atoms with E-state index in [0.717, 1.165) is 48.0 Å². The summed E-state index contributed by atoms with van der Waals surface area (Å²) in [6.07, 6.45) is 0. The molecule has 4 aromatic rings. The Kier molecular flexibility index (Phi) is 8.14. The molecule has 1 aliphatic heterocycles. The Labute approximate surface area is 225 Å². The number of hydrogen-bond donors (Lipinski definition) is 0. The predicted molar refractivity (Wildman–Crippen MR) is 153 cm³/mol. The van der Waals surface area contributed by atoms with Gasteiger partial charge in [-0.1, -0.05) is 103 Å². The standard InChI is InChI=1S/C32H32N2O2S/c1-35-30-23-28(17-18-29(30)36-24-25-11-5-2-6-12-25)32(37)34-21-19-33(20-22-34)31(26-13-7-3-8-14-26)27-15-9-4-10-16-27/h2-18,23,31H,19-22,24H2,1H3. The molecule has 0 radical (unpaired) electrons.